The lowest BCUT2D eigenvalue weighted by Gasteiger charge is -2.36. The number of benzene rings is 1. The monoisotopic (exact) mass is 448 g/mol. The van der Waals surface area contributed by atoms with Crippen LogP contribution in [-0.4, -0.2) is 33.6 Å². The smallest absolute Gasteiger partial charge is 0.309 e. The Balaban J connectivity index is 2.21. The van der Waals surface area contributed by atoms with Crippen molar-refractivity contribution in [3.05, 3.63) is 30.0 Å². The van der Waals surface area contributed by atoms with Crippen LogP contribution in [0.25, 0.3) is 10.9 Å². The molecule has 0 radical (unpaired) electrons. The number of aromatic nitrogens is 1. The number of hydrogen-bond donors (Lipinski definition) is 2. The summed E-state index contributed by atoms with van der Waals surface area (Å²) in [6.45, 7) is 21.6. The molecule has 1 aromatic heterocycles. The maximum absolute atomic E-state index is 12.7. The summed E-state index contributed by atoms with van der Waals surface area (Å²) < 4.78 is 12.4. The average Bonchev–Trinajstić information content (AvgIpc) is 2.94. The van der Waals surface area contributed by atoms with Gasteiger partial charge in [-0.05, 0) is 60.0 Å². The second-order valence-corrected chi connectivity index (χ2v) is 20.8. The molecule has 30 heavy (non-hydrogen) atoms. The molecule has 0 aliphatic carbocycles. The van der Waals surface area contributed by atoms with Gasteiger partial charge in [-0.15, -0.1) is 0 Å². The minimum atomic E-state index is -2.19. The Morgan fingerprint density at radius 3 is 2.13 bits per heavy atom. The lowest BCUT2D eigenvalue weighted by Crippen LogP contribution is -2.47. The van der Waals surface area contributed by atoms with Gasteiger partial charge in [0, 0.05) is 23.5 Å². The third kappa shape index (κ3) is 5.36. The predicted molar refractivity (Wildman–Crippen MR) is 131 cm³/mol. The number of aromatic amines is 1. The summed E-state index contributed by atoms with van der Waals surface area (Å²) in [5.41, 5.74) is 8.27. The summed E-state index contributed by atoms with van der Waals surface area (Å²) in [6, 6.07) is 5.41. The van der Waals surface area contributed by atoms with Crippen LogP contribution in [0.3, 0.4) is 0 Å². The fourth-order valence-corrected chi connectivity index (χ4v) is 4.62. The fourth-order valence-electron chi connectivity index (χ4n) is 2.64. The van der Waals surface area contributed by atoms with Crippen molar-refractivity contribution in [3.8, 4) is 5.75 Å². The SMILES string of the molecule is CC(C)(C)[Si](C)(C)OC(=O)C(N)Cc1c[nH]c2ccc(O[Si](C)(C)C(C)(C)C)cc12. The molecule has 0 amide bonds. The lowest BCUT2D eigenvalue weighted by molar-refractivity contribution is -0.136. The minimum absolute atomic E-state index is 0.0425. The van der Waals surface area contributed by atoms with E-state index in [1.165, 1.54) is 0 Å². The van der Waals surface area contributed by atoms with Crippen molar-refractivity contribution in [2.24, 2.45) is 5.73 Å². The van der Waals surface area contributed by atoms with Gasteiger partial charge in [0.2, 0.25) is 8.32 Å². The van der Waals surface area contributed by atoms with Gasteiger partial charge in [0.05, 0.1) is 0 Å². The lowest BCUT2D eigenvalue weighted by atomic mass is 10.1. The molecule has 0 saturated heterocycles. The average molecular weight is 449 g/mol. The van der Waals surface area contributed by atoms with Crippen LogP contribution < -0.4 is 10.2 Å². The zero-order valence-electron chi connectivity index (χ0n) is 20.4. The molecule has 0 aliphatic heterocycles. The van der Waals surface area contributed by atoms with Gasteiger partial charge in [0.1, 0.15) is 11.8 Å². The summed E-state index contributed by atoms with van der Waals surface area (Å²) in [6.07, 6.45) is 2.36. The van der Waals surface area contributed by atoms with Crippen LogP contribution in [0.5, 0.6) is 5.75 Å². The molecule has 0 aliphatic rings. The predicted octanol–water partition coefficient (Wildman–Crippen LogP) is 5.97. The van der Waals surface area contributed by atoms with E-state index >= 15 is 0 Å². The van der Waals surface area contributed by atoms with Gasteiger partial charge >= 0.3 is 5.97 Å². The van der Waals surface area contributed by atoms with E-state index in [4.69, 9.17) is 14.6 Å². The summed E-state index contributed by atoms with van der Waals surface area (Å²) in [7, 11) is -4.12. The molecule has 0 fully saturated rings. The minimum Gasteiger partial charge on any atom is -0.543 e. The van der Waals surface area contributed by atoms with Crippen LogP contribution in [0, 0.1) is 0 Å². The molecule has 0 bridgehead atoms. The third-order valence-electron chi connectivity index (χ3n) is 6.82. The van der Waals surface area contributed by atoms with Crippen molar-refractivity contribution in [2.75, 3.05) is 0 Å². The molecule has 0 spiro atoms. The number of H-pyrrole nitrogens is 1. The van der Waals surface area contributed by atoms with Crippen LogP contribution >= 0.6 is 0 Å². The zero-order chi connectivity index (χ0) is 23.1. The van der Waals surface area contributed by atoms with Crippen LogP contribution in [0.2, 0.25) is 36.3 Å². The number of carbonyl (C=O) groups is 1. The van der Waals surface area contributed by atoms with Crippen molar-refractivity contribution in [1.82, 2.24) is 4.98 Å². The van der Waals surface area contributed by atoms with E-state index < -0.39 is 22.7 Å². The third-order valence-corrected chi connectivity index (χ3v) is 15.5. The summed E-state index contributed by atoms with van der Waals surface area (Å²) in [4.78, 5) is 16.0. The first kappa shape index (κ1) is 24.7. The van der Waals surface area contributed by atoms with Gasteiger partial charge in [-0.1, -0.05) is 41.5 Å². The molecular weight excluding hydrogens is 408 g/mol. The normalized spacial score (nSPS) is 14.6. The Morgan fingerprint density at radius 1 is 1.03 bits per heavy atom. The second-order valence-electron chi connectivity index (χ2n) is 11.4. The molecule has 5 nitrogen and oxygen atoms in total. The van der Waals surface area contributed by atoms with Crippen molar-refractivity contribution in [3.63, 3.8) is 0 Å². The quantitative estimate of drug-likeness (QED) is 0.534. The summed E-state index contributed by atoms with van der Waals surface area (Å²) >= 11 is 0. The van der Waals surface area contributed by atoms with E-state index in [1.54, 1.807) is 0 Å². The highest BCUT2D eigenvalue weighted by Crippen LogP contribution is 2.38. The van der Waals surface area contributed by atoms with Crippen molar-refractivity contribution in [1.29, 1.82) is 0 Å². The maximum atomic E-state index is 12.7. The molecule has 1 aromatic carbocycles. The van der Waals surface area contributed by atoms with Gasteiger partial charge in [-0.3, -0.25) is 4.79 Å². The molecular formula is C23H40N2O3Si2. The van der Waals surface area contributed by atoms with E-state index in [2.05, 4.69) is 78.8 Å². The first-order chi connectivity index (χ1) is 13.4. The van der Waals surface area contributed by atoms with Crippen molar-refractivity contribution in [2.45, 2.75) is 90.3 Å². The van der Waals surface area contributed by atoms with Crippen LogP contribution in [-0.2, 0) is 15.6 Å². The molecule has 0 saturated carbocycles. The highest BCUT2D eigenvalue weighted by molar-refractivity contribution is 6.75. The van der Waals surface area contributed by atoms with E-state index in [9.17, 15) is 4.79 Å². The van der Waals surface area contributed by atoms with E-state index in [0.717, 1.165) is 22.2 Å². The summed E-state index contributed by atoms with van der Waals surface area (Å²) in [5, 5.41) is 1.12. The molecule has 1 unspecified atom stereocenters. The van der Waals surface area contributed by atoms with E-state index in [1.807, 2.05) is 18.3 Å². The van der Waals surface area contributed by atoms with E-state index in [0.29, 0.717) is 6.42 Å². The Hall–Kier alpha value is -1.58. The molecule has 1 atom stereocenters. The van der Waals surface area contributed by atoms with Gasteiger partial charge in [-0.25, -0.2) is 0 Å². The van der Waals surface area contributed by atoms with E-state index in [-0.39, 0.29) is 16.0 Å². The van der Waals surface area contributed by atoms with Crippen molar-refractivity contribution >= 4 is 33.5 Å². The van der Waals surface area contributed by atoms with Crippen LogP contribution in [0.4, 0.5) is 0 Å². The Labute approximate surface area is 184 Å². The number of nitrogens with two attached hydrogens (primary N) is 1. The maximum Gasteiger partial charge on any atom is 0.309 e. The number of hydrogen-bond acceptors (Lipinski definition) is 4. The van der Waals surface area contributed by atoms with Crippen LogP contribution in [0.1, 0.15) is 47.1 Å². The topological polar surface area (TPSA) is 77.3 Å². The van der Waals surface area contributed by atoms with Gasteiger partial charge in [-0.2, -0.15) is 0 Å². The number of nitrogens with one attached hydrogen (secondary N) is 1. The van der Waals surface area contributed by atoms with Gasteiger partial charge < -0.3 is 19.6 Å². The Bertz CT molecular complexity index is 905. The fraction of sp³-hybridized carbons (Fsp3) is 0.609. The molecule has 1 heterocycles. The molecule has 168 valence electrons. The van der Waals surface area contributed by atoms with Gasteiger partial charge in [0.15, 0.2) is 0 Å². The number of rotatable bonds is 6. The molecule has 2 aromatic rings. The Morgan fingerprint density at radius 2 is 1.60 bits per heavy atom. The first-order valence-corrected chi connectivity index (χ1v) is 16.5. The second kappa shape index (κ2) is 8.17. The molecule has 2 rings (SSSR count). The standard InChI is InChI=1S/C23H40N2O3Si2/c1-22(2,3)29(7,8)27-17-11-12-20-18(14-17)16(15-25-20)13-19(24)21(26)28-30(9,10)23(4,5)6/h11-12,14-15,19,25H,13,24H2,1-10H3. The summed E-state index contributed by atoms with van der Waals surface area (Å²) in [5.74, 6) is 0.553. The zero-order valence-corrected chi connectivity index (χ0v) is 22.4. The highest BCUT2D eigenvalue weighted by atomic mass is 28.4. The van der Waals surface area contributed by atoms with Crippen LogP contribution in [0.15, 0.2) is 24.4 Å². The highest BCUT2D eigenvalue weighted by Gasteiger charge is 2.41. The van der Waals surface area contributed by atoms with Crippen molar-refractivity contribution < 1.29 is 13.6 Å². The van der Waals surface area contributed by atoms with Gasteiger partial charge in [0.25, 0.3) is 8.32 Å². The number of fused-ring (bicyclic) bond motifs is 1. The largest absolute Gasteiger partial charge is 0.543 e. The Kier molecular flexibility index (Phi) is 6.72. The number of carbonyl (C=O) groups excluding carboxylic acids is 1. The molecule has 7 heteroatoms. The molecule has 3 N–H and O–H groups in total. The first-order valence-electron chi connectivity index (χ1n) is 10.7.